The van der Waals surface area contributed by atoms with Crippen LogP contribution in [0.2, 0.25) is 0 Å². The molecule has 1 aromatic heterocycles. The van der Waals surface area contributed by atoms with Crippen molar-refractivity contribution in [2.45, 2.75) is 25.4 Å². The molecule has 5 heteroatoms. The summed E-state index contributed by atoms with van der Waals surface area (Å²) in [6.07, 6.45) is 0. The smallest absolute Gasteiger partial charge is 0.213 e. The van der Waals surface area contributed by atoms with Crippen LogP contribution in [0.15, 0.2) is 48.5 Å². The van der Waals surface area contributed by atoms with Crippen molar-refractivity contribution < 1.29 is 4.74 Å². The number of pyridine rings is 1. The van der Waals surface area contributed by atoms with Gasteiger partial charge in [-0.05, 0) is 18.6 Å². The standard InChI is InChI=1S/C18H23N3O.ClH/c1-2-22-18-10-6-9-15(20-18)11-21-12-16(17(19)13-21)14-7-4-3-5-8-14;/h3-10,16-17H,2,11-13,19H2,1H3;1H/t16-,17+;/m0./s1. The van der Waals surface area contributed by atoms with Crippen molar-refractivity contribution in [1.29, 1.82) is 0 Å². The number of hydrogen-bond donors (Lipinski definition) is 1. The minimum atomic E-state index is 0. The lowest BCUT2D eigenvalue weighted by molar-refractivity contribution is 0.306. The van der Waals surface area contributed by atoms with Gasteiger partial charge in [0.25, 0.3) is 0 Å². The number of hydrogen-bond acceptors (Lipinski definition) is 4. The molecule has 1 aromatic carbocycles. The van der Waals surface area contributed by atoms with Gasteiger partial charge in [-0.1, -0.05) is 36.4 Å². The Bertz CT molecular complexity index is 608. The van der Waals surface area contributed by atoms with Crippen LogP contribution in [0, 0.1) is 0 Å². The lowest BCUT2D eigenvalue weighted by atomic mass is 9.95. The van der Waals surface area contributed by atoms with Crippen LogP contribution < -0.4 is 10.5 Å². The Balaban J connectivity index is 0.00000192. The van der Waals surface area contributed by atoms with E-state index in [4.69, 9.17) is 10.5 Å². The van der Waals surface area contributed by atoms with Crippen molar-refractivity contribution in [3.05, 3.63) is 59.8 Å². The molecule has 1 fully saturated rings. The number of ether oxygens (including phenoxy) is 1. The first-order chi connectivity index (χ1) is 10.8. The molecule has 0 unspecified atom stereocenters. The molecular formula is C18H24ClN3O. The molecule has 0 aliphatic carbocycles. The molecule has 4 nitrogen and oxygen atoms in total. The van der Waals surface area contributed by atoms with E-state index in [9.17, 15) is 0 Å². The second-order valence-electron chi connectivity index (χ2n) is 5.78. The van der Waals surface area contributed by atoms with Crippen LogP contribution in [-0.4, -0.2) is 35.6 Å². The van der Waals surface area contributed by atoms with Crippen LogP contribution in [0.5, 0.6) is 5.88 Å². The molecule has 0 bridgehead atoms. The number of benzene rings is 1. The van der Waals surface area contributed by atoms with Gasteiger partial charge in [-0.2, -0.15) is 0 Å². The summed E-state index contributed by atoms with van der Waals surface area (Å²) in [7, 11) is 0. The predicted octanol–water partition coefficient (Wildman–Crippen LogP) is 2.83. The largest absolute Gasteiger partial charge is 0.478 e. The first-order valence-electron chi connectivity index (χ1n) is 7.88. The fraction of sp³-hybridized carbons (Fsp3) is 0.389. The van der Waals surface area contributed by atoms with Crippen LogP contribution in [0.25, 0.3) is 0 Å². The highest BCUT2D eigenvalue weighted by Crippen LogP contribution is 2.27. The zero-order chi connectivity index (χ0) is 15.4. The molecule has 1 aliphatic heterocycles. The van der Waals surface area contributed by atoms with Crippen molar-refractivity contribution >= 4 is 12.4 Å². The predicted molar refractivity (Wildman–Crippen MR) is 95.1 cm³/mol. The Hall–Kier alpha value is -1.62. The maximum Gasteiger partial charge on any atom is 0.213 e. The molecule has 23 heavy (non-hydrogen) atoms. The first kappa shape index (κ1) is 17.7. The van der Waals surface area contributed by atoms with Gasteiger partial charge in [0, 0.05) is 37.7 Å². The first-order valence-corrected chi connectivity index (χ1v) is 7.88. The van der Waals surface area contributed by atoms with Gasteiger partial charge >= 0.3 is 0 Å². The second-order valence-corrected chi connectivity index (χ2v) is 5.78. The van der Waals surface area contributed by atoms with Gasteiger partial charge < -0.3 is 10.5 Å². The van der Waals surface area contributed by atoms with Crippen molar-refractivity contribution in [2.75, 3.05) is 19.7 Å². The number of nitrogens with two attached hydrogens (primary N) is 1. The molecule has 1 saturated heterocycles. The van der Waals surface area contributed by atoms with Crippen LogP contribution in [0.3, 0.4) is 0 Å². The number of nitrogens with zero attached hydrogens (tertiary/aromatic N) is 2. The van der Waals surface area contributed by atoms with Crippen LogP contribution in [-0.2, 0) is 6.54 Å². The summed E-state index contributed by atoms with van der Waals surface area (Å²) in [6.45, 7) is 5.31. The Labute approximate surface area is 144 Å². The zero-order valence-electron chi connectivity index (χ0n) is 13.4. The monoisotopic (exact) mass is 333 g/mol. The van der Waals surface area contributed by atoms with E-state index < -0.39 is 0 Å². The van der Waals surface area contributed by atoms with E-state index in [0.717, 1.165) is 25.3 Å². The van der Waals surface area contributed by atoms with Gasteiger partial charge in [0.15, 0.2) is 0 Å². The van der Waals surface area contributed by atoms with Gasteiger partial charge in [-0.15, -0.1) is 12.4 Å². The summed E-state index contributed by atoms with van der Waals surface area (Å²) in [6, 6.07) is 16.7. The molecule has 0 spiro atoms. The Morgan fingerprint density at radius 1 is 1.13 bits per heavy atom. The Morgan fingerprint density at radius 3 is 2.65 bits per heavy atom. The minimum Gasteiger partial charge on any atom is -0.478 e. The molecule has 2 heterocycles. The number of halogens is 1. The van der Waals surface area contributed by atoms with Crippen LogP contribution in [0.1, 0.15) is 24.1 Å². The van der Waals surface area contributed by atoms with E-state index >= 15 is 0 Å². The van der Waals surface area contributed by atoms with E-state index in [-0.39, 0.29) is 18.4 Å². The summed E-state index contributed by atoms with van der Waals surface area (Å²) < 4.78 is 5.47. The third kappa shape index (κ3) is 4.44. The Kier molecular flexibility index (Phi) is 6.39. The SMILES string of the molecule is CCOc1cccc(CN2C[C@@H](N)[C@H](c3ccccc3)C2)n1.Cl. The van der Waals surface area contributed by atoms with Gasteiger partial charge in [0.2, 0.25) is 5.88 Å². The van der Waals surface area contributed by atoms with E-state index in [0.29, 0.717) is 18.4 Å². The Morgan fingerprint density at radius 2 is 1.91 bits per heavy atom. The molecule has 124 valence electrons. The summed E-state index contributed by atoms with van der Waals surface area (Å²) in [5, 5.41) is 0. The van der Waals surface area contributed by atoms with Crippen molar-refractivity contribution in [3.8, 4) is 5.88 Å². The third-order valence-corrected chi connectivity index (χ3v) is 4.13. The average molecular weight is 334 g/mol. The van der Waals surface area contributed by atoms with Crippen molar-refractivity contribution in [2.24, 2.45) is 5.73 Å². The number of likely N-dealkylation sites (tertiary alicyclic amines) is 1. The van der Waals surface area contributed by atoms with Crippen LogP contribution >= 0.6 is 12.4 Å². The quantitative estimate of drug-likeness (QED) is 0.914. The summed E-state index contributed by atoms with van der Waals surface area (Å²) >= 11 is 0. The minimum absolute atomic E-state index is 0. The van der Waals surface area contributed by atoms with Crippen molar-refractivity contribution in [1.82, 2.24) is 9.88 Å². The fourth-order valence-corrected chi connectivity index (χ4v) is 3.10. The molecule has 2 atom stereocenters. The van der Waals surface area contributed by atoms with Crippen molar-refractivity contribution in [3.63, 3.8) is 0 Å². The summed E-state index contributed by atoms with van der Waals surface area (Å²) in [5.41, 5.74) is 8.71. The van der Waals surface area contributed by atoms with E-state index in [2.05, 4.69) is 34.1 Å². The maximum atomic E-state index is 6.35. The lowest BCUT2D eigenvalue weighted by Crippen LogP contribution is -2.28. The highest BCUT2D eigenvalue weighted by molar-refractivity contribution is 5.85. The lowest BCUT2D eigenvalue weighted by Gasteiger charge is -2.16. The molecule has 2 N–H and O–H groups in total. The molecular weight excluding hydrogens is 310 g/mol. The average Bonchev–Trinajstić information content (AvgIpc) is 2.89. The normalized spacial score (nSPS) is 21.0. The molecule has 0 saturated carbocycles. The number of rotatable bonds is 5. The van der Waals surface area contributed by atoms with Gasteiger partial charge in [0.05, 0.1) is 12.3 Å². The molecule has 0 radical (unpaired) electrons. The molecule has 1 aliphatic rings. The molecule has 2 aromatic rings. The maximum absolute atomic E-state index is 6.35. The summed E-state index contributed by atoms with van der Waals surface area (Å²) in [5.74, 6) is 1.10. The van der Waals surface area contributed by atoms with E-state index in [1.165, 1.54) is 5.56 Å². The van der Waals surface area contributed by atoms with Crippen LogP contribution in [0.4, 0.5) is 0 Å². The number of aromatic nitrogens is 1. The summed E-state index contributed by atoms with van der Waals surface area (Å²) in [4.78, 5) is 6.92. The zero-order valence-corrected chi connectivity index (χ0v) is 14.2. The second kappa shape index (κ2) is 8.29. The van der Waals surface area contributed by atoms with Gasteiger partial charge in [0.1, 0.15) is 0 Å². The molecule has 0 amide bonds. The van der Waals surface area contributed by atoms with Gasteiger partial charge in [-0.3, -0.25) is 4.90 Å². The topological polar surface area (TPSA) is 51.4 Å². The van der Waals surface area contributed by atoms with Gasteiger partial charge in [-0.25, -0.2) is 4.98 Å². The highest BCUT2D eigenvalue weighted by atomic mass is 35.5. The third-order valence-electron chi connectivity index (χ3n) is 4.13. The van der Waals surface area contributed by atoms with E-state index in [1.54, 1.807) is 0 Å². The van der Waals surface area contributed by atoms with E-state index in [1.807, 2.05) is 31.2 Å². The highest BCUT2D eigenvalue weighted by Gasteiger charge is 2.31. The fourth-order valence-electron chi connectivity index (χ4n) is 3.10. The molecule has 3 rings (SSSR count).